The number of aromatic nitrogens is 5. The number of aromatic amines is 2. The third-order valence-electron chi connectivity index (χ3n) is 13.0. The van der Waals surface area contributed by atoms with Crippen molar-refractivity contribution in [1.29, 1.82) is 0 Å². The molecule has 3 aromatic heterocycles. The third kappa shape index (κ3) is 8.11. The lowest BCUT2D eigenvalue weighted by molar-refractivity contribution is -0.136. The molecule has 6 heterocycles. The number of alkyl carbamates (subject to hydrolysis) is 2. The summed E-state index contributed by atoms with van der Waals surface area (Å²) in [4.78, 5) is 71.7. The molecule has 0 saturated carbocycles. The fourth-order valence-electron chi connectivity index (χ4n) is 9.60. The van der Waals surface area contributed by atoms with E-state index in [0.29, 0.717) is 42.5 Å². The van der Waals surface area contributed by atoms with Gasteiger partial charge in [-0.3, -0.25) is 9.59 Å². The molecule has 66 heavy (non-hydrogen) atoms. The molecule has 17 heteroatoms. The molecule has 9 rings (SSSR count). The first-order valence-electron chi connectivity index (χ1n) is 22.5. The minimum atomic E-state index is -0.830. The standard InChI is InChI=1S/C49H54FN9O7/c1-26(2)41(55-48(62)64-5)45(60)57-19-9-13-37(57)43-51-24-34(53-43)28-16-18-36-30(21-28)22-39-32-17-15-29(23-40(32)66-47(59(36)39)31-11-7-8-12-33(31)50)35-25-52-44(54-35)38-14-10-20-58(38)46(61)42(27(3)4)56-49(63)65-6/h7-8,11-12,15-18,21-27,37-38,41-42,47H,9-10,13-14,19-20H2,1-6H3,(H,51,53)(H,52,54)(H,55,62)(H,56,63)/t37-,38-,41-,42-,47?/m0/s1. The molecule has 3 aliphatic rings. The van der Waals surface area contributed by atoms with E-state index in [0.717, 1.165) is 63.9 Å². The number of nitrogens with zero attached hydrogens (tertiary/aromatic N) is 5. The number of hydrogen-bond acceptors (Lipinski definition) is 9. The summed E-state index contributed by atoms with van der Waals surface area (Å²) in [6, 6.07) is 18.6. The van der Waals surface area contributed by atoms with Crippen LogP contribution in [0.1, 0.15) is 88.9 Å². The number of amides is 4. The van der Waals surface area contributed by atoms with Gasteiger partial charge in [0, 0.05) is 40.7 Å². The summed E-state index contributed by atoms with van der Waals surface area (Å²) in [5.41, 5.74) is 6.07. The molecular weight excluding hydrogens is 846 g/mol. The van der Waals surface area contributed by atoms with Crippen LogP contribution in [0.15, 0.2) is 79.1 Å². The van der Waals surface area contributed by atoms with Crippen LogP contribution in [0, 0.1) is 17.7 Å². The van der Waals surface area contributed by atoms with Crippen LogP contribution in [0.4, 0.5) is 14.0 Å². The van der Waals surface area contributed by atoms with Crippen LogP contribution in [0.3, 0.4) is 0 Å². The van der Waals surface area contributed by atoms with Gasteiger partial charge in [0.15, 0.2) is 0 Å². The van der Waals surface area contributed by atoms with E-state index in [1.807, 2.05) is 62.6 Å². The predicted molar refractivity (Wildman–Crippen MR) is 243 cm³/mol. The fourth-order valence-corrected chi connectivity index (χ4v) is 9.60. The zero-order chi connectivity index (χ0) is 46.4. The van der Waals surface area contributed by atoms with Crippen LogP contribution in [0.5, 0.6) is 5.75 Å². The van der Waals surface area contributed by atoms with Gasteiger partial charge in [-0.15, -0.1) is 0 Å². The van der Waals surface area contributed by atoms with Crippen LogP contribution in [-0.2, 0) is 19.1 Å². The average molecular weight is 900 g/mol. The van der Waals surface area contributed by atoms with E-state index in [1.165, 1.54) is 20.3 Å². The first kappa shape index (κ1) is 44.1. The number of hydrogen-bond donors (Lipinski definition) is 4. The number of ether oxygens (including phenoxy) is 3. The van der Waals surface area contributed by atoms with Gasteiger partial charge in [-0.1, -0.05) is 58.0 Å². The highest BCUT2D eigenvalue weighted by Crippen LogP contribution is 2.46. The quantitative estimate of drug-likeness (QED) is 0.0993. The first-order chi connectivity index (χ1) is 31.8. The van der Waals surface area contributed by atoms with Gasteiger partial charge >= 0.3 is 12.2 Å². The number of nitrogens with one attached hydrogen (secondary N) is 4. The number of H-pyrrole nitrogens is 2. The number of likely N-dealkylation sites (tertiary alicyclic amines) is 2. The van der Waals surface area contributed by atoms with Gasteiger partial charge in [0.2, 0.25) is 18.0 Å². The molecule has 4 amide bonds. The number of halogens is 1. The second-order valence-electron chi connectivity index (χ2n) is 17.8. The maximum Gasteiger partial charge on any atom is 0.407 e. The molecule has 344 valence electrons. The molecule has 4 N–H and O–H groups in total. The number of carbonyl (C=O) groups excluding carboxylic acids is 4. The highest BCUT2D eigenvalue weighted by Gasteiger charge is 2.39. The second kappa shape index (κ2) is 18.0. The SMILES string of the molecule is COC(=O)N[C@H](C(=O)N1CCC[C@H]1c1ncc(-c2ccc3c(c2)OC(c2ccccc2F)n2c-3cc3cc(-c4cnc([C@@H]5CCCN5C(=O)[C@@H](NC(=O)OC)C(C)C)[nH]4)ccc32)[nH]1)C(C)C. The van der Waals surface area contributed by atoms with Gasteiger partial charge < -0.3 is 49.2 Å². The lowest BCUT2D eigenvalue weighted by atomic mass is 10.0. The lowest BCUT2D eigenvalue weighted by Gasteiger charge is -2.30. The second-order valence-corrected chi connectivity index (χ2v) is 17.8. The molecule has 16 nitrogen and oxygen atoms in total. The van der Waals surface area contributed by atoms with Crippen LogP contribution >= 0.6 is 0 Å². The summed E-state index contributed by atoms with van der Waals surface area (Å²) in [7, 11) is 2.55. The number of imidazole rings is 2. The Hall–Kier alpha value is -7.17. The number of methoxy groups -OCH3 is 2. The van der Waals surface area contributed by atoms with Crippen molar-refractivity contribution < 1.29 is 37.8 Å². The zero-order valence-corrected chi connectivity index (χ0v) is 37.8. The highest BCUT2D eigenvalue weighted by atomic mass is 19.1. The monoisotopic (exact) mass is 899 g/mol. The van der Waals surface area contributed by atoms with E-state index < -0.39 is 36.3 Å². The predicted octanol–water partition coefficient (Wildman–Crippen LogP) is 8.26. The average Bonchev–Trinajstić information content (AvgIpc) is 4.18. The molecule has 0 spiro atoms. The normalized spacial score (nSPS) is 18.8. The Labute approximate surface area is 381 Å². The van der Waals surface area contributed by atoms with Crippen LogP contribution in [0.25, 0.3) is 44.7 Å². The van der Waals surface area contributed by atoms with Crippen molar-refractivity contribution in [3.05, 3.63) is 102 Å². The number of fused-ring (bicyclic) bond motifs is 5. The maximum absolute atomic E-state index is 15.7. The Morgan fingerprint density at radius 3 is 1.83 bits per heavy atom. The summed E-state index contributed by atoms with van der Waals surface area (Å²) < 4.78 is 34.1. The van der Waals surface area contributed by atoms with Crippen molar-refractivity contribution in [3.63, 3.8) is 0 Å². The molecular formula is C49H54FN9O7. The molecule has 0 aliphatic carbocycles. The Morgan fingerprint density at radius 1 is 0.742 bits per heavy atom. The largest absolute Gasteiger partial charge is 0.465 e. The van der Waals surface area contributed by atoms with E-state index in [2.05, 4.69) is 32.7 Å². The van der Waals surface area contributed by atoms with Crippen molar-refractivity contribution in [1.82, 2.24) is 44.9 Å². The van der Waals surface area contributed by atoms with Gasteiger partial charge in [-0.25, -0.2) is 23.9 Å². The molecule has 5 atom stereocenters. The molecule has 2 saturated heterocycles. The lowest BCUT2D eigenvalue weighted by Crippen LogP contribution is -2.51. The van der Waals surface area contributed by atoms with Crippen molar-refractivity contribution in [2.24, 2.45) is 11.8 Å². The Balaban J connectivity index is 1.01. The molecule has 1 unspecified atom stereocenters. The van der Waals surface area contributed by atoms with Crippen LogP contribution in [-0.4, -0.2) is 97.7 Å². The molecule has 3 aromatic carbocycles. The van der Waals surface area contributed by atoms with Gasteiger partial charge in [0.25, 0.3) is 0 Å². The Kier molecular flexibility index (Phi) is 12.0. The van der Waals surface area contributed by atoms with Gasteiger partial charge in [0.05, 0.1) is 61.3 Å². The minimum absolute atomic E-state index is 0.150. The van der Waals surface area contributed by atoms with Gasteiger partial charge in [-0.05, 0) is 73.9 Å². The molecule has 2 fully saturated rings. The molecule has 0 radical (unpaired) electrons. The van der Waals surface area contributed by atoms with Crippen molar-refractivity contribution in [3.8, 4) is 39.5 Å². The summed E-state index contributed by atoms with van der Waals surface area (Å²) >= 11 is 0. The first-order valence-corrected chi connectivity index (χ1v) is 22.5. The van der Waals surface area contributed by atoms with E-state index in [-0.39, 0.29) is 35.7 Å². The number of rotatable bonds is 11. The summed E-state index contributed by atoms with van der Waals surface area (Å²) in [6.07, 6.45) is 4.41. The van der Waals surface area contributed by atoms with Crippen molar-refractivity contribution >= 4 is 34.9 Å². The summed E-state index contributed by atoms with van der Waals surface area (Å²) in [5.74, 6) is 0.796. The fraction of sp³-hybridized carbons (Fsp3) is 0.388. The molecule has 0 bridgehead atoms. The van der Waals surface area contributed by atoms with E-state index in [4.69, 9.17) is 24.2 Å². The van der Waals surface area contributed by atoms with Crippen molar-refractivity contribution in [2.45, 2.75) is 83.8 Å². The molecule has 3 aliphatic heterocycles. The minimum Gasteiger partial charge on any atom is -0.465 e. The van der Waals surface area contributed by atoms with E-state index >= 15 is 4.39 Å². The topological polar surface area (TPSA) is 189 Å². The third-order valence-corrected chi connectivity index (χ3v) is 13.0. The smallest absolute Gasteiger partial charge is 0.407 e. The Bertz CT molecular complexity index is 2810. The maximum atomic E-state index is 15.7. The van der Waals surface area contributed by atoms with Crippen LogP contribution < -0.4 is 15.4 Å². The number of carbonyl (C=O) groups is 4. The van der Waals surface area contributed by atoms with Gasteiger partial charge in [0.1, 0.15) is 35.3 Å². The van der Waals surface area contributed by atoms with E-state index in [1.54, 1.807) is 40.4 Å². The Morgan fingerprint density at radius 2 is 1.29 bits per heavy atom. The van der Waals surface area contributed by atoms with Crippen molar-refractivity contribution in [2.75, 3.05) is 27.3 Å². The van der Waals surface area contributed by atoms with E-state index in [9.17, 15) is 19.2 Å². The zero-order valence-electron chi connectivity index (χ0n) is 37.8. The summed E-state index contributed by atoms with van der Waals surface area (Å²) in [6.45, 7) is 8.62. The molecule has 6 aromatic rings. The van der Waals surface area contributed by atoms with Gasteiger partial charge in [-0.2, -0.15) is 0 Å². The summed E-state index contributed by atoms with van der Waals surface area (Å²) in [5, 5.41) is 6.30. The highest BCUT2D eigenvalue weighted by molar-refractivity contribution is 5.93. The van der Waals surface area contributed by atoms with Crippen LogP contribution in [0.2, 0.25) is 0 Å². The number of benzene rings is 3.